The first-order chi connectivity index (χ1) is 12.9. The second kappa shape index (κ2) is 7.96. The van der Waals surface area contributed by atoms with Crippen LogP contribution in [0.15, 0.2) is 65.3 Å². The van der Waals surface area contributed by atoms with Crippen LogP contribution >= 0.6 is 15.9 Å². The number of ether oxygens (including phenoxy) is 2. The van der Waals surface area contributed by atoms with Crippen LogP contribution in [-0.4, -0.2) is 16.9 Å². The molecule has 0 atom stereocenters. The van der Waals surface area contributed by atoms with Crippen LogP contribution in [0.3, 0.4) is 0 Å². The standard InChI is InChI=1S/C19H12BrFN2O4/c20-15-9-13(21)5-6-16(15)27-17-7-4-12(10-23-17)19(25)26-14-3-1-2-11(8-14)18(22)24/h1-10H,(H2,22,24). The number of hydrogen-bond acceptors (Lipinski definition) is 5. The second-order valence-corrected chi connectivity index (χ2v) is 6.20. The minimum Gasteiger partial charge on any atom is -0.438 e. The van der Waals surface area contributed by atoms with E-state index in [2.05, 4.69) is 20.9 Å². The third-order valence-corrected chi connectivity index (χ3v) is 4.03. The number of halogens is 2. The fourth-order valence-electron chi connectivity index (χ4n) is 2.11. The fourth-order valence-corrected chi connectivity index (χ4v) is 2.54. The van der Waals surface area contributed by atoms with Crippen LogP contribution in [-0.2, 0) is 0 Å². The van der Waals surface area contributed by atoms with Crippen molar-refractivity contribution in [3.8, 4) is 17.4 Å². The molecule has 0 fully saturated rings. The summed E-state index contributed by atoms with van der Waals surface area (Å²) in [6.07, 6.45) is 1.28. The van der Waals surface area contributed by atoms with Gasteiger partial charge in [-0.1, -0.05) is 6.07 Å². The molecule has 0 saturated heterocycles. The average Bonchev–Trinajstić information content (AvgIpc) is 2.65. The molecule has 0 radical (unpaired) electrons. The van der Waals surface area contributed by atoms with Gasteiger partial charge in [0.25, 0.3) is 0 Å². The highest BCUT2D eigenvalue weighted by atomic mass is 79.9. The predicted molar refractivity (Wildman–Crippen MR) is 98.3 cm³/mol. The van der Waals surface area contributed by atoms with Crippen molar-refractivity contribution in [2.24, 2.45) is 5.73 Å². The Morgan fingerprint density at radius 1 is 1.04 bits per heavy atom. The van der Waals surface area contributed by atoms with Crippen LogP contribution in [0.2, 0.25) is 0 Å². The van der Waals surface area contributed by atoms with Gasteiger partial charge in [0, 0.05) is 17.8 Å². The first-order valence-corrected chi connectivity index (χ1v) is 8.42. The molecule has 0 aliphatic carbocycles. The van der Waals surface area contributed by atoms with Crippen LogP contribution in [0.1, 0.15) is 20.7 Å². The fraction of sp³-hybridized carbons (Fsp3) is 0. The Hall–Kier alpha value is -3.26. The van der Waals surface area contributed by atoms with Gasteiger partial charge >= 0.3 is 5.97 Å². The van der Waals surface area contributed by atoms with E-state index in [4.69, 9.17) is 15.2 Å². The van der Waals surface area contributed by atoms with E-state index in [-0.39, 0.29) is 22.8 Å². The normalized spacial score (nSPS) is 10.3. The summed E-state index contributed by atoms with van der Waals surface area (Å²) in [4.78, 5) is 27.4. The Bertz CT molecular complexity index is 1010. The molecule has 6 nitrogen and oxygen atoms in total. The van der Waals surface area contributed by atoms with Crippen LogP contribution in [0, 0.1) is 5.82 Å². The molecule has 27 heavy (non-hydrogen) atoms. The molecule has 1 aromatic heterocycles. The van der Waals surface area contributed by atoms with Gasteiger partial charge in [0.1, 0.15) is 17.3 Å². The molecule has 3 rings (SSSR count). The lowest BCUT2D eigenvalue weighted by atomic mass is 10.2. The van der Waals surface area contributed by atoms with Crippen molar-refractivity contribution in [1.29, 1.82) is 0 Å². The molecule has 1 amide bonds. The van der Waals surface area contributed by atoms with Crippen molar-refractivity contribution in [2.45, 2.75) is 0 Å². The minimum absolute atomic E-state index is 0.185. The number of nitrogens with zero attached hydrogens (tertiary/aromatic N) is 1. The van der Waals surface area contributed by atoms with Crippen molar-refractivity contribution in [1.82, 2.24) is 4.98 Å². The zero-order valence-electron chi connectivity index (χ0n) is 13.7. The van der Waals surface area contributed by atoms with Gasteiger partial charge in [-0.3, -0.25) is 4.79 Å². The quantitative estimate of drug-likeness (QED) is 0.485. The maximum absolute atomic E-state index is 13.1. The van der Waals surface area contributed by atoms with Crippen LogP contribution in [0.5, 0.6) is 17.4 Å². The predicted octanol–water partition coefficient (Wildman–Crippen LogP) is 4.09. The third kappa shape index (κ3) is 4.68. The molecule has 0 saturated carbocycles. The molecule has 2 N–H and O–H groups in total. The smallest absolute Gasteiger partial charge is 0.345 e. The van der Waals surface area contributed by atoms with Crippen molar-refractivity contribution in [2.75, 3.05) is 0 Å². The van der Waals surface area contributed by atoms with Gasteiger partial charge in [-0.2, -0.15) is 0 Å². The summed E-state index contributed by atoms with van der Waals surface area (Å²) in [7, 11) is 0. The maximum atomic E-state index is 13.1. The van der Waals surface area contributed by atoms with Gasteiger partial charge in [0.15, 0.2) is 0 Å². The monoisotopic (exact) mass is 430 g/mol. The van der Waals surface area contributed by atoms with Crippen LogP contribution < -0.4 is 15.2 Å². The lowest BCUT2D eigenvalue weighted by Gasteiger charge is -2.08. The molecule has 0 spiro atoms. The zero-order valence-corrected chi connectivity index (χ0v) is 15.3. The van der Waals surface area contributed by atoms with Crippen molar-refractivity contribution in [3.05, 3.63) is 82.2 Å². The van der Waals surface area contributed by atoms with Crippen molar-refractivity contribution in [3.63, 3.8) is 0 Å². The Kier molecular flexibility index (Phi) is 5.46. The van der Waals surface area contributed by atoms with Gasteiger partial charge in [-0.15, -0.1) is 0 Å². The highest BCUT2D eigenvalue weighted by Crippen LogP contribution is 2.29. The molecule has 2 aromatic carbocycles. The summed E-state index contributed by atoms with van der Waals surface area (Å²) in [5.74, 6) is -0.897. The summed E-state index contributed by atoms with van der Waals surface area (Å²) in [5, 5.41) is 0. The number of carbonyl (C=O) groups excluding carboxylic acids is 2. The Morgan fingerprint density at radius 2 is 1.85 bits per heavy atom. The topological polar surface area (TPSA) is 91.5 Å². The summed E-state index contributed by atoms with van der Waals surface area (Å²) >= 11 is 3.20. The Balaban J connectivity index is 1.70. The Labute approximate surface area is 161 Å². The number of primary amides is 1. The highest BCUT2D eigenvalue weighted by molar-refractivity contribution is 9.10. The van der Waals surface area contributed by atoms with Crippen LogP contribution in [0.25, 0.3) is 0 Å². The van der Waals surface area contributed by atoms with Crippen molar-refractivity contribution >= 4 is 27.8 Å². The molecule has 8 heteroatoms. The number of benzene rings is 2. The van der Waals surface area contributed by atoms with E-state index in [0.717, 1.165) is 0 Å². The van der Waals surface area contributed by atoms with E-state index in [1.807, 2.05) is 0 Å². The first kappa shape index (κ1) is 18.5. The van der Waals surface area contributed by atoms with E-state index in [1.54, 1.807) is 6.07 Å². The van der Waals surface area contributed by atoms with E-state index >= 15 is 0 Å². The molecule has 136 valence electrons. The number of pyridine rings is 1. The van der Waals surface area contributed by atoms with E-state index < -0.39 is 17.7 Å². The summed E-state index contributed by atoms with van der Waals surface area (Å²) in [6, 6.07) is 12.9. The minimum atomic E-state index is -0.654. The number of esters is 1. The molecule has 3 aromatic rings. The SMILES string of the molecule is NC(=O)c1cccc(OC(=O)c2ccc(Oc3ccc(F)cc3Br)nc2)c1. The largest absolute Gasteiger partial charge is 0.438 e. The van der Waals surface area contributed by atoms with Gasteiger partial charge in [-0.05, 0) is 58.4 Å². The van der Waals surface area contributed by atoms with Crippen LogP contribution in [0.4, 0.5) is 4.39 Å². The van der Waals surface area contributed by atoms with Gasteiger partial charge < -0.3 is 15.2 Å². The van der Waals surface area contributed by atoms with E-state index in [9.17, 15) is 14.0 Å². The number of carbonyl (C=O) groups is 2. The average molecular weight is 431 g/mol. The number of rotatable bonds is 5. The second-order valence-electron chi connectivity index (χ2n) is 5.34. The maximum Gasteiger partial charge on any atom is 0.345 e. The molecule has 1 heterocycles. The summed E-state index contributed by atoms with van der Waals surface area (Å²) in [6.45, 7) is 0. The van der Waals surface area contributed by atoms with E-state index in [0.29, 0.717) is 10.2 Å². The van der Waals surface area contributed by atoms with E-state index in [1.165, 1.54) is 54.7 Å². The highest BCUT2D eigenvalue weighted by Gasteiger charge is 2.12. The lowest BCUT2D eigenvalue weighted by molar-refractivity contribution is 0.0733. The number of aromatic nitrogens is 1. The third-order valence-electron chi connectivity index (χ3n) is 3.41. The molecule has 0 unspecified atom stereocenters. The summed E-state index contributed by atoms with van der Waals surface area (Å²) < 4.78 is 24.3. The van der Waals surface area contributed by atoms with Crippen molar-refractivity contribution < 1.29 is 23.5 Å². The molecule has 0 aliphatic rings. The molecule has 0 aliphatic heterocycles. The molecular formula is C19H12BrFN2O4. The first-order valence-electron chi connectivity index (χ1n) is 7.63. The van der Waals surface area contributed by atoms with Gasteiger partial charge in [0.05, 0.1) is 10.0 Å². The number of nitrogens with two attached hydrogens (primary N) is 1. The summed E-state index contributed by atoms with van der Waals surface area (Å²) in [5.41, 5.74) is 5.61. The molecule has 0 bridgehead atoms. The number of amides is 1. The zero-order chi connectivity index (χ0) is 19.4. The molecular weight excluding hydrogens is 419 g/mol. The lowest BCUT2D eigenvalue weighted by Crippen LogP contribution is -2.12. The van der Waals surface area contributed by atoms with Gasteiger partial charge in [0.2, 0.25) is 11.8 Å². The number of hydrogen-bond donors (Lipinski definition) is 1. The van der Waals surface area contributed by atoms with Gasteiger partial charge in [-0.25, -0.2) is 14.2 Å². The Morgan fingerprint density at radius 3 is 2.52 bits per heavy atom.